The van der Waals surface area contributed by atoms with Gasteiger partial charge in [0.25, 0.3) is 6.36 Å². The predicted molar refractivity (Wildman–Crippen MR) is 127 cm³/mol. The van der Waals surface area contributed by atoms with Crippen LogP contribution in [-0.2, 0) is 16.1 Å². The molecule has 2 aliphatic rings. The largest absolute Gasteiger partial charge is 0.481 e. The van der Waals surface area contributed by atoms with Crippen LogP contribution in [0.25, 0.3) is 5.57 Å². The van der Waals surface area contributed by atoms with Crippen molar-refractivity contribution in [2.24, 2.45) is 16.3 Å². The van der Waals surface area contributed by atoms with Gasteiger partial charge in [-0.2, -0.15) is 4.39 Å². The maximum absolute atomic E-state index is 14.0. The molecule has 3 heterocycles. The number of carboxylic acid groups (broad SMARTS) is 1. The molecule has 1 saturated heterocycles. The lowest BCUT2D eigenvalue weighted by Gasteiger charge is -2.42. The number of aromatic nitrogens is 1. The number of carbonyl (C=O) groups is 1. The fourth-order valence-electron chi connectivity index (χ4n) is 4.42. The van der Waals surface area contributed by atoms with Gasteiger partial charge < -0.3 is 9.84 Å². The first-order valence-corrected chi connectivity index (χ1v) is 12.2. The molecular formula is C24H33F2N3O3S. The summed E-state index contributed by atoms with van der Waals surface area (Å²) >= 11 is 1.46. The average molecular weight is 482 g/mol. The van der Waals surface area contributed by atoms with E-state index >= 15 is 0 Å². The molecule has 4 atom stereocenters. The maximum Gasteiger partial charge on any atom is 0.310 e. The Balaban J connectivity index is 1.85. The van der Waals surface area contributed by atoms with Crippen LogP contribution in [0, 0.1) is 18.3 Å². The van der Waals surface area contributed by atoms with Crippen LogP contribution in [0.2, 0.25) is 0 Å². The van der Waals surface area contributed by atoms with Crippen LogP contribution in [0.3, 0.4) is 0 Å². The molecule has 0 saturated carbocycles. The Morgan fingerprint density at radius 3 is 2.79 bits per heavy atom. The summed E-state index contributed by atoms with van der Waals surface area (Å²) in [5.41, 5.74) is 1.61. The Kier molecular flexibility index (Phi) is 8.05. The van der Waals surface area contributed by atoms with Gasteiger partial charge in [0.05, 0.1) is 16.7 Å². The highest BCUT2D eigenvalue weighted by molar-refractivity contribution is 7.13. The summed E-state index contributed by atoms with van der Waals surface area (Å²) in [7, 11) is 0. The van der Waals surface area contributed by atoms with Gasteiger partial charge in [0.15, 0.2) is 6.17 Å². The second-order valence-corrected chi connectivity index (χ2v) is 10.4. The molecule has 182 valence electrons. The molecular weight excluding hydrogens is 448 g/mol. The fourth-order valence-corrected chi connectivity index (χ4v) is 5.56. The van der Waals surface area contributed by atoms with Gasteiger partial charge in [-0.1, -0.05) is 25.5 Å². The molecule has 1 aromatic heterocycles. The third-order valence-electron chi connectivity index (χ3n) is 6.30. The summed E-state index contributed by atoms with van der Waals surface area (Å²) in [6.07, 6.45) is 1.44. The van der Waals surface area contributed by atoms with E-state index in [1.54, 1.807) is 6.20 Å². The van der Waals surface area contributed by atoms with Crippen LogP contribution in [0.4, 0.5) is 8.78 Å². The van der Waals surface area contributed by atoms with Crippen LogP contribution in [0.5, 0.6) is 0 Å². The van der Waals surface area contributed by atoms with Crippen molar-refractivity contribution in [1.29, 1.82) is 0 Å². The van der Waals surface area contributed by atoms with Crippen LogP contribution < -0.4 is 0 Å². The number of alkyl halides is 2. The van der Waals surface area contributed by atoms with E-state index in [1.807, 2.05) is 26.8 Å². The van der Waals surface area contributed by atoms with E-state index in [9.17, 15) is 18.7 Å². The molecule has 2 aliphatic heterocycles. The second kappa shape index (κ2) is 10.4. The minimum atomic E-state index is -2.12. The lowest BCUT2D eigenvalue weighted by atomic mass is 9.74. The molecule has 0 bridgehead atoms. The first-order valence-electron chi connectivity index (χ1n) is 11.4. The molecule has 0 aromatic carbocycles. The Morgan fingerprint density at radius 1 is 1.42 bits per heavy atom. The smallest absolute Gasteiger partial charge is 0.310 e. The van der Waals surface area contributed by atoms with E-state index in [4.69, 9.17) is 4.74 Å². The molecule has 0 spiro atoms. The molecule has 0 radical (unpaired) electrons. The summed E-state index contributed by atoms with van der Waals surface area (Å²) in [5, 5.41) is 10.5. The number of hydrogen-bond acceptors (Lipinski definition) is 6. The number of aliphatic imine (C=N–C) groups is 1. The van der Waals surface area contributed by atoms with Crippen molar-refractivity contribution >= 4 is 28.8 Å². The predicted octanol–water partition coefficient (Wildman–Crippen LogP) is 5.53. The topological polar surface area (TPSA) is 75.0 Å². The van der Waals surface area contributed by atoms with E-state index < -0.39 is 23.9 Å². The van der Waals surface area contributed by atoms with Crippen molar-refractivity contribution < 1.29 is 23.4 Å². The lowest BCUT2D eigenvalue weighted by Crippen LogP contribution is -2.50. The number of aryl methyl sites for hydroxylation is 1. The van der Waals surface area contributed by atoms with Gasteiger partial charge in [-0.15, -0.1) is 11.3 Å². The zero-order valence-electron chi connectivity index (χ0n) is 19.9. The Labute approximate surface area is 198 Å². The molecule has 1 N–H and O–H groups in total. The van der Waals surface area contributed by atoms with Crippen molar-refractivity contribution in [3.8, 4) is 0 Å². The van der Waals surface area contributed by atoms with E-state index in [0.717, 1.165) is 29.6 Å². The molecule has 6 nitrogen and oxygen atoms in total. The molecule has 1 fully saturated rings. The molecule has 1 aromatic rings. The molecule has 0 aliphatic carbocycles. The van der Waals surface area contributed by atoms with Crippen molar-refractivity contribution in [3.63, 3.8) is 0 Å². The summed E-state index contributed by atoms with van der Waals surface area (Å²) in [6, 6.07) is 0. The highest BCUT2D eigenvalue weighted by atomic mass is 32.1. The molecule has 4 unspecified atom stereocenters. The summed E-state index contributed by atoms with van der Waals surface area (Å²) in [5.74, 6) is -0.445. The minimum absolute atomic E-state index is 0.0200. The highest BCUT2D eigenvalue weighted by Crippen LogP contribution is 2.38. The maximum atomic E-state index is 14.0. The molecule has 33 heavy (non-hydrogen) atoms. The Morgan fingerprint density at radius 2 is 2.15 bits per heavy atom. The zero-order chi connectivity index (χ0) is 24.3. The first-order chi connectivity index (χ1) is 15.5. The van der Waals surface area contributed by atoms with Crippen LogP contribution in [-0.4, -0.2) is 52.5 Å². The van der Waals surface area contributed by atoms with Gasteiger partial charge in [0, 0.05) is 30.7 Å². The minimum Gasteiger partial charge on any atom is -0.481 e. The normalized spacial score (nSPS) is 26.0. The highest BCUT2D eigenvalue weighted by Gasteiger charge is 2.43. The van der Waals surface area contributed by atoms with Gasteiger partial charge in [-0.05, 0) is 46.0 Å². The first kappa shape index (κ1) is 25.5. The van der Waals surface area contributed by atoms with Crippen molar-refractivity contribution in [2.75, 3.05) is 13.1 Å². The van der Waals surface area contributed by atoms with Gasteiger partial charge >= 0.3 is 5.97 Å². The van der Waals surface area contributed by atoms with E-state index in [2.05, 4.69) is 21.8 Å². The lowest BCUT2D eigenvalue weighted by molar-refractivity contribution is -0.154. The van der Waals surface area contributed by atoms with Crippen LogP contribution in [0.15, 0.2) is 22.8 Å². The summed E-state index contributed by atoms with van der Waals surface area (Å²) in [4.78, 5) is 24.2. The quantitative estimate of drug-likeness (QED) is 0.554. The van der Waals surface area contributed by atoms with Crippen LogP contribution in [0.1, 0.15) is 62.5 Å². The van der Waals surface area contributed by atoms with Crippen molar-refractivity contribution in [3.05, 3.63) is 33.4 Å². The fraction of sp³-hybridized carbons (Fsp3) is 0.625. The number of piperidine rings is 1. The molecule has 9 heteroatoms. The number of nitrogens with zero attached hydrogens (tertiary/aromatic N) is 3. The Bertz CT molecular complexity index is 972. The SMILES string of the molecule is CCC1(C(=O)O)CC(C)CN(Cc2sc(C3=CCC(C)=CN=C3OC(F)C(C)F)nc2C)C1. The van der Waals surface area contributed by atoms with Crippen molar-refractivity contribution in [2.45, 2.75) is 73.0 Å². The van der Waals surface area contributed by atoms with E-state index in [0.29, 0.717) is 42.9 Å². The van der Waals surface area contributed by atoms with Crippen LogP contribution >= 0.6 is 11.3 Å². The van der Waals surface area contributed by atoms with Gasteiger partial charge in [-0.3, -0.25) is 9.69 Å². The standard InChI is InChI=1S/C24H33F2N3O3S/c1-6-24(23(30)31)9-15(3)11-29(13-24)12-19-17(5)28-22(33-19)18-8-7-14(2)10-27-21(18)32-20(26)16(4)25/h8,10,15-16,20H,6-7,9,11-13H2,1-5H3,(H,30,31). The summed E-state index contributed by atoms with van der Waals surface area (Å²) < 4.78 is 32.7. The zero-order valence-corrected chi connectivity index (χ0v) is 20.7. The van der Waals surface area contributed by atoms with Gasteiger partial charge in [-0.25, -0.2) is 14.4 Å². The number of hydrogen-bond donors (Lipinski definition) is 1. The molecule has 3 rings (SSSR count). The average Bonchev–Trinajstić information content (AvgIpc) is 2.99. The summed E-state index contributed by atoms with van der Waals surface area (Å²) in [6.45, 7) is 10.9. The molecule has 0 amide bonds. The van der Waals surface area contributed by atoms with Gasteiger partial charge in [0.1, 0.15) is 5.01 Å². The number of ether oxygens (including phenoxy) is 1. The van der Waals surface area contributed by atoms with E-state index in [1.165, 1.54) is 11.3 Å². The number of thiazole rings is 1. The second-order valence-electron chi connectivity index (χ2n) is 9.32. The van der Waals surface area contributed by atoms with Gasteiger partial charge in [0.2, 0.25) is 5.90 Å². The number of aliphatic carboxylic acids is 1. The van der Waals surface area contributed by atoms with E-state index in [-0.39, 0.29) is 11.8 Å². The Hall–Kier alpha value is -2.13. The monoisotopic (exact) mass is 481 g/mol. The number of rotatable bonds is 7. The number of allylic oxidation sites excluding steroid dienone is 2. The third-order valence-corrected chi connectivity index (χ3v) is 7.48. The number of likely N-dealkylation sites (tertiary alicyclic amines) is 1. The number of halogens is 2. The number of carboxylic acids is 1. The third kappa shape index (κ3) is 5.87. The van der Waals surface area contributed by atoms with Crippen molar-refractivity contribution in [1.82, 2.24) is 9.88 Å².